The molecule has 2 aliphatic rings. The molecule has 0 radical (unpaired) electrons. The minimum Gasteiger partial charge on any atom is -0.415 e. The number of hydrogen-bond donors (Lipinski definition) is 0. The summed E-state index contributed by atoms with van der Waals surface area (Å²) in [5.41, 5.74) is 1.41. The molecule has 3 nitrogen and oxygen atoms in total. The Labute approximate surface area is 135 Å². The summed E-state index contributed by atoms with van der Waals surface area (Å²) < 4.78 is 6.42. The fourth-order valence-corrected chi connectivity index (χ4v) is 4.39. The van der Waals surface area contributed by atoms with Crippen LogP contribution in [0.2, 0.25) is 18.1 Å². The first-order valence-electron chi connectivity index (χ1n) is 8.42. The first-order valence-corrected chi connectivity index (χ1v) is 11.3. The Kier molecular flexibility index (Phi) is 4.57. The maximum absolute atomic E-state index is 12.8. The van der Waals surface area contributed by atoms with Crippen LogP contribution in [0.25, 0.3) is 0 Å². The van der Waals surface area contributed by atoms with Crippen molar-refractivity contribution in [3.63, 3.8) is 0 Å². The molecular formula is C18H30O3Si. The Morgan fingerprint density at radius 1 is 1.14 bits per heavy atom. The third-order valence-electron chi connectivity index (χ3n) is 6.08. The second kappa shape index (κ2) is 5.71. The van der Waals surface area contributed by atoms with Gasteiger partial charge in [0.2, 0.25) is 0 Å². The van der Waals surface area contributed by atoms with Crippen LogP contribution in [0.3, 0.4) is 0 Å². The quantitative estimate of drug-likeness (QED) is 0.722. The van der Waals surface area contributed by atoms with E-state index in [9.17, 15) is 9.59 Å². The number of Topliss-reactive ketones (excluding diaryl/α,β-unsaturated/α-hetero) is 2. The van der Waals surface area contributed by atoms with E-state index in [2.05, 4.69) is 33.9 Å². The highest BCUT2D eigenvalue weighted by Crippen LogP contribution is 2.48. The standard InChI is InChI=1S/C18H30O3Si/c1-13-14-8-7-9-16(20)18(14,11-10-15(13)19)12-21-22(5,6)17(2,3)4/h7-12H2,1-6H3/t18-/m0/s1. The van der Waals surface area contributed by atoms with E-state index in [1.165, 1.54) is 0 Å². The number of rotatable bonds is 3. The Morgan fingerprint density at radius 2 is 1.77 bits per heavy atom. The first kappa shape index (κ1) is 17.6. The molecule has 0 spiro atoms. The molecule has 0 saturated heterocycles. The van der Waals surface area contributed by atoms with Gasteiger partial charge < -0.3 is 4.43 Å². The zero-order valence-corrected chi connectivity index (χ0v) is 16.0. The van der Waals surface area contributed by atoms with Gasteiger partial charge in [0.15, 0.2) is 14.1 Å². The summed E-state index contributed by atoms with van der Waals surface area (Å²) >= 11 is 0. The van der Waals surface area contributed by atoms with Crippen LogP contribution in [0.1, 0.15) is 59.8 Å². The highest BCUT2D eigenvalue weighted by Gasteiger charge is 2.49. The van der Waals surface area contributed by atoms with Gasteiger partial charge in [0, 0.05) is 12.8 Å². The fraction of sp³-hybridized carbons (Fsp3) is 0.778. The summed E-state index contributed by atoms with van der Waals surface area (Å²) in [5, 5.41) is 0.130. The van der Waals surface area contributed by atoms with E-state index >= 15 is 0 Å². The summed E-state index contributed by atoms with van der Waals surface area (Å²) in [4.78, 5) is 24.8. The summed E-state index contributed by atoms with van der Waals surface area (Å²) in [6, 6.07) is 0. The zero-order chi connectivity index (χ0) is 16.8. The lowest BCUT2D eigenvalue weighted by Gasteiger charge is -2.45. The summed E-state index contributed by atoms with van der Waals surface area (Å²) in [6.45, 7) is 13.5. The first-order chi connectivity index (χ1) is 10.0. The van der Waals surface area contributed by atoms with Crippen molar-refractivity contribution in [1.29, 1.82) is 0 Å². The summed E-state index contributed by atoms with van der Waals surface area (Å²) in [7, 11) is -1.90. The summed E-state index contributed by atoms with van der Waals surface area (Å²) in [6.07, 6.45) is 3.52. The van der Waals surface area contributed by atoms with Crippen molar-refractivity contribution < 1.29 is 14.0 Å². The molecule has 0 aliphatic heterocycles. The van der Waals surface area contributed by atoms with Crippen molar-refractivity contribution in [3.8, 4) is 0 Å². The van der Waals surface area contributed by atoms with Crippen LogP contribution in [0.5, 0.6) is 0 Å². The van der Waals surface area contributed by atoms with Gasteiger partial charge in [-0.2, -0.15) is 0 Å². The SMILES string of the molecule is CC1=C2CCCC(=O)[C@]2(CO[Si](C)(C)C(C)(C)C)CCC1=O. The predicted octanol–water partition coefficient (Wildman–Crippen LogP) is 4.43. The molecule has 0 amide bonds. The Morgan fingerprint density at radius 3 is 2.36 bits per heavy atom. The maximum atomic E-state index is 12.8. The third-order valence-corrected chi connectivity index (χ3v) is 10.6. The van der Waals surface area contributed by atoms with E-state index < -0.39 is 13.7 Å². The maximum Gasteiger partial charge on any atom is 0.192 e. The molecule has 0 aromatic rings. The lowest BCUT2D eigenvalue weighted by atomic mass is 9.62. The van der Waals surface area contributed by atoms with Crippen molar-refractivity contribution in [1.82, 2.24) is 0 Å². The van der Waals surface area contributed by atoms with Crippen molar-refractivity contribution in [2.75, 3.05) is 6.61 Å². The Hall–Kier alpha value is -0.743. The number of ketones is 2. The lowest BCUT2D eigenvalue weighted by molar-refractivity contribution is -0.132. The van der Waals surface area contributed by atoms with E-state index in [1.54, 1.807) is 0 Å². The monoisotopic (exact) mass is 322 g/mol. The fourth-order valence-electron chi connectivity index (χ4n) is 3.35. The van der Waals surface area contributed by atoms with Crippen LogP contribution in [0.4, 0.5) is 0 Å². The number of allylic oxidation sites excluding steroid dienone is 1. The molecule has 0 bridgehead atoms. The van der Waals surface area contributed by atoms with Crippen LogP contribution in [-0.2, 0) is 14.0 Å². The van der Waals surface area contributed by atoms with Crippen LogP contribution >= 0.6 is 0 Å². The molecule has 0 unspecified atom stereocenters. The molecular weight excluding hydrogens is 292 g/mol. The minimum atomic E-state index is -1.90. The largest absolute Gasteiger partial charge is 0.415 e. The van der Waals surface area contributed by atoms with E-state index in [0.717, 1.165) is 24.0 Å². The van der Waals surface area contributed by atoms with Crippen LogP contribution < -0.4 is 0 Å². The average molecular weight is 323 g/mol. The van der Waals surface area contributed by atoms with Gasteiger partial charge in [0.1, 0.15) is 5.78 Å². The summed E-state index contributed by atoms with van der Waals surface area (Å²) in [5.74, 6) is 0.506. The van der Waals surface area contributed by atoms with E-state index in [4.69, 9.17) is 4.43 Å². The molecule has 0 N–H and O–H groups in total. The molecule has 0 heterocycles. The van der Waals surface area contributed by atoms with Gasteiger partial charge in [-0.25, -0.2) is 0 Å². The second-order valence-electron chi connectivity index (χ2n) is 8.43. The van der Waals surface area contributed by atoms with Gasteiger partial charge in [-0.15, -0.1) is 0 Å². The van der Waals surface area contributed by atoms with Crippen LogP contribution in [0, 0.1) is 5.41 Å². The molecule has 22 heavy (non-hydrogen) atoms. The van der Waals surface area contributed by atoms with Crippen molar-refractivity contribution in [2.24, 2.45) is 5.41 Å². The van der Waals surface area contributed by atoms with Gasteiger partial charge in [-0.3, -0.25) is 9.59 Å². The zero-order valence-electron chi connectivity index (χ0n) is 15.0. The Balaban J connectivity index is 2.33. The van der Waals surface area contributed by atoms with Gasteiger partial charge in [0.05, 0.1) is 12.0 Å². The van der Waals surface area contributed by atoms with Crippen molar-refractivity contribution in [2.45, 2.75) is 77.9 Å². The molecule has 0 aromatic carbocycles. The van der Waals surface area contributed by atoms with E-state index in [0.29, 0.717) is 31.7 Å². The molecule has 4 heteroatoms. The van der Waals surface area contributed by atoms with E-state index in [-0.39, 0.29) is 10.8 Å². The van der Waals surface area contributed by atoms with Crippen LogP contribution in [-0.4, -0.2) is 26.5 Å². The number of fused-ring (bicyclic) bond motifs is 1. The molecule has 2 aliphatic carbocycles. The van der Waals surface area contributed by atoms with Gasteiger partial charge in [0.25, 0.3) is 0 Å². The van der Waals surface area contributed by atoms with Gasteiger partial charge in [-0.05, 0) is 55.5 Å². The Bertz CT molecular complexity index is 525. The third kappa shape index (κ3) is 2.87. The molecule has 124 valence electrons. The molecule has 2 rings (SSSR count). The normalized spacial score (nSPS) is 27.2. The lowest BCUT2D eigenvalue weighted by Crippen LogP contribution is -2.49. The minimum absolute atomic E-state index is 0.130. The number of carbonyl (C=O) groups excluding carboxylic acids is 2. The highest BCUT2D eigenvalue weighted by atomic mass is 28.4. The van der Waals surface area contributed by atoms with Crippen molar-refractivity contribution >= 4 is 19.9 Å². The molecule has 0 aromatic heterocycles. The average Bonchev–Trinajstić information content (AvgIpc) is 2.41. The molecule has 1 atom stereocenters. The van der Waals surface area contributed by atoms with Gasteiger partial charge >= 0.3 is 0 Å². The second-order valence-corrected chi connectivity index (χ2v) is 13.2. The number of hydrogen-bond acceptors (Lipinski definition) is 3. The van der Waals surface area contributed by atoms with Gasteiger partial charge in [-0.1, -0.05) is 20.8 Å². The molecule has 1 fully saturated rings. The van der Waals surface area contributed by atoms with E-state index in [1.807, 2.05) is 6.92 Å². The van der Waals surface area contributed by atoms with Crippen LogP contribution in [0.15, 0.2) is 11.1 Å². The smallest absolute Gasteiger partial charge is 0.192 e. The predicted molar refractivity (Wildman–Crippen MR) is 91.4 cm³/mol. The van der Waals surface area contributed by atoms with Crippen molar-refractivity contribution in [3.05, 3.63) is 11.1 Å². The molecule has 1 saturated carbocycles. The highest BCUT2D eigenvalue weighted by molar-refractivity contribution is 6.74. The topological polar surface area (TPSA) is 43.4 Å². The number of carbonyl (C=O) groups is 2.